The maximum atomic E-state index is 12.3. The minimum absolute atomic E-state index is 0.0666. The molecule has 5 N–H and O–H groups in total. The van der Waals surface area contributed by atoms with Crippen molar-refractivity contribution in [3.8, 4) is 0 Å². The molecule has 29 heavy (non-hydrogen) atoms. The van der Waals surface area contributed by atoms with Crippen LogP contribution in [0.4, 0.5) is 0 Å². The molecule has 0 aliphatic carbocycles. The lowest BCUT2D eigenvalue weighted by atomic mass is 9.93. The van der Waals surface area contributed by atoms with E-state index in [9.17, 15) is 24.4 Å². The summed E-state index contributed by atoms with van der Waals surface area (Å²) in [6, 6.07) is 2.68. The van der Waals surface area contributed by atoms with Crippen molar-refractivity contribution in [2.45, 2.75) is 56.8 Å². The van der Waals surface area contributed by atoms with Gasteiger partial charge in [0.2, 0.25) is 5.56 Å². The molecule has 2 aromatic heterocycles. The molecular weight excluding hydrogens is 409 g/mol. The largest absolute Gasteiger partial charge is 0.470 e. The van der Waals surface area contributed by atoms with Crippen LogP contribution in [0, 0.1) is 0 Å². The van der Waals surface area contributed by atoms with E-state index >= 15 is 0 Å². The molecule has 3 rings (SSSR count). The fourth-order valence-electron chi connectivity index (χ4n) is 3.30. The van der Waals surface area contributed by atoms with Crippen LogP contribution >= 0.6 is 7.82 Å². The van der Waals surface area contributed by atoms with Crippen LogP contribution in [0.25, 0.3) is 11.0 Å². The highest BCUT2D eigenvalue weighted by atomic mass is 31.2. The third kappa shape index (κ3) is 4.64. The SMILES string of the molecule is CCC(C)(C[C@H]1O[C@@H](n2cc3ccc(=O)[nH]c3nc2=O)[C@@H](O)C1O)OP(=O)(O)O. The van der Waals surface area contributed by atoms with Crippen LogP contribution in [-0.2, 0) is 13.8 Å². The number of hydrogen-bond acceptors (Lipinski definition) is 8. The van der Waals surface area contributed by atoms with Crippen LogP contribution in [0.3, 0.4) is 0 Å². The summed E-state index contributed by atoms with van der Waals surface area (Å²) < 4.78 is 22.7. The molecule has 0 amide bonds. The second-order valence-electron chi connectivity index (χ2n) is 7.19. The molecule has 1 aliphatic rings. The van der Waals surface area contributed by atoms with Gasteiger partial charge in [-0.1, -0.05) is 6.92 Å². The monoisotopic (exact) mass is 431 g/mol. The number of hydrogen-bond donors (Lipinski definition) is 5. The number of nitrogens with one attached hydrogen (secondary N) is 1. The molecule has 160 valence electrons. The van der Waals surface area contributed by atoms with Gasteiger partial charge in [0.1, 0.15) is 17.9 Å². The molecular formula is C16H22N3O9P. The molecule has 1 fully saturated rings. The first-order valence-electron chi connectivity index (χ1n) is 8.82. The zero-order valence-electron chi connectivity index (χ0n) is 15.6. The maximum Gasteiger partial charge on any atom is 0.470 e. The average molecular weight is 431 g/mol. The van der Waals surface area contributed by atoms with E-state index in [1.54, 1.807) is 6.92 Å². The van der Waals surface area contributed by atoms with Gasteiger partial charge in [0.05, 0.1) is 11.7 Å². The molecule has 0 saturated carbocycles. The van der Waals surface area contributed by atoms with E-state index in [1.165, 1.54) is 25.3 Å². The lowest BCUT2D eigenvalue weighted by Crippen LogP contribution is -2.38. The van der Waals surface area contributed by atoms with Crippen molar-refractivity contribution >= 4 is 18.9 Å². The van der Waals surface area contributed by atoms with Crippen LogP contribution in [0.2, 0.25) is 0 Å². The molecule has 0 bridgehead atoms. The molecule has 3 heterocycles. The summed E-state index contributed by atoms with van der Waals surface area (Å²) in [5.74, 6) is 0. The van der Waals surface area contributed by atoms with E-state index in [1.807, 2.05) is 0 Å². The number of pyridine rings is 1. The smallest absolute Gasteiger partial charge is 0.388 e. The van der Waals surface area contributed by atoms with Gasteiger partial charge in [-0.2, -0.15) is 4.98 Å². The first kappa shape index (κ1) is 21.8. The molecule has 13 heteroatoms. The molecule has 2 unspecified atom stereocenters. The average Bonchev–Trinajstić information content (AvgIpc) is 2.87. The van der Waals surface area contributed by atoms with E-state index in [0.29, 0.717) is 5.39 Å². The van der Waals surface area contributed by atoms with E-state index in [2.05, 4.69) is 9.97 Å². The van der Waals surface area contributed by atoms with Crippen LogP contribution in [0.15, 0.2) is 27.9 Å². The van der Waals surface area contributed by atoms with Crippen molar-refractivity contribution in [1.29, 1.82) is 0 Å². The summed E-state index contributed by atoms with van der Waals surface area (Å²) in [5.41, 5.74) is -2.53. The predicted molar refractivity (Wildman–Crippen MR) is 99.0 cm³/mol. The summed E-state index contributed by atoms with van der Waals surface area (Å²) in [7, 11) is -4.80. The van der Waals surface area contributed by atoms with Crippen molar-refractivity contribution in [3.05, 3.63) is 39.2 Å². The van der Waals surface area contributed by atoms with Crippen LogP contribution in [0.5, 0.6) is 0 Å². The molecule has 1 saturated heterocycles. The predicted octanol–water partition coefficient (Wildman–Crippen LogP) is -0.628. The number of H-pyrrole nitrogens is 1. The standard InChI is InChI=1S/C16H22N3O9P/c1-3-16(2,28-29(24,25)26)6-9-11(21)12(22)14(27-9)19-7-8-4-5-10(20)17-13(8)18-15(19)23/h4-5,7,9,11-12,14,21-22H,3,6H2,1-2H3,(H2,24,25,26)(H,17,18,20,23)/t9-,11?,12+,14-,16?/m1/s1. The number of phosphoric acid groups is 1. The van der Waals surface area contributed by atoms with Gasteiger partial charge in [0, 0.05) is 24.1 Å². The molecule has 12 nitrogen and oxygen atoms in total. The highest BCUT2D eigenvalue weighted by Crippen LogP contribution is 2.45. The van der Waals surface area contributed by atoms with E-state index < -0.39 is 49.2 Å². The van der Waals surface area contributed by atoms with Crippen molar-refractivity contribution in [2.24, 2.45) is 0 Å². The highest BCUT2D eigenvalue weighted by molar-refractivity contribution is 7.46. The van der Waals surface area contributed by atoms with E-state index in [-0.39, 0.29) is 18.5 Å². The number of nitrogens with zero attached hydrogens (tertiary/aromatic N) is 2. The van der Waals surface area contributed by atoms with Gasteiger partial charge >= 0.3 is 13.5 Å². The third-order valence-corrected chi connectivity index (χ3v) is 5.65. The number of rotatable bonds is 6. The van der Waals surface area contributed by atoms with E-state index in [0.717, 1.165) is 4.57 Å². The maximum absolute atomic E-state index is 12.3. The first-order valence-corrected chi connectivity index (χ1v) is 10.4. The number of ether oxygens (including phenoxy) is 1. The first-order chi connectivity index (χ1) is 13.4. The normalized spacial score (nSPS) is 27.2. The Balaban J connectivity index is 1.89. The molecule has 2 aromatic rings. The van der Waals surface area contributed by atoms with Gasteiger partial charge in [0.25, 0.3) is 0 Å². The Labute approximate surface area is 164 Å². The minimum Gasteiger partial charge on any atom is -0.388 e. The lowest BCUT2D eigenvalue weighted by molar-refractivity contribution is -0.0707. The summed E-state index contributed by atoms with van der Waals surface area (Å²) in [6.45, 7) is 3.09. The fourth-order valence-corrected chi connectivity index (χ4v) is 4.08. The number of fused-ring (bicyclic) bond motifs is 1. The molecule has 0 aromatic carbocycles. The quantitative estimate of drug-likeness (QED) is 0.369. The Hall–Kier alpha value is -1.92. The van der Waals surface area contributed by atoms with Gasteiger partial charge in [-0.25, -0.2) is 9.36 Å². The summed E-state index contributed by atoms with van der Waals surface area (Å²) in [6.07, 6.45) is -3.93. The van der Waals surface area contributed by atoms with Crippen molar-refractivity contribution in [3.63, 3.8) is 0 Å². The molecule has 5 atom stereocenters. The molecule has 0 spiro atoms. The van der Waals surface area contributed by atoms with Gasteiger partial charge in [-0.3, -0.25) is 13.9 Å². The number of aromatic nitrogens is 3. The van der Waals surface area contributed by atoms with Crippen LogP contribution < -0.4 is 11.2 Å². The second-order valence-corrected chi connectivity index (χ2v) is 8.36. The lowest BCUT2D eigenvalue weighted by Gasteiger charge is -2.31. The topological polar surface area (TPSA) is 184 Å². The molecule has 1 aliphatic heterocycles. The Bertz CT molecular complexity index is 1060. The van der Waals surface area contributed by atoms with E-state index in [4.69, 9.17) is 19.0 Å². The van der Waals surface area contributed by atoms with Crippen LogP contribution in [-0.4, -0.2) is 58.4 Å². The second kappa shape index (κ2) is 7.73. The van der Waals surface area contributed by atoms with Crippen molar-refractivity contribution < 1.29 is 33.8 Å². The zero-order valence-corrected chi connectivity index (χ0v) is 16.5. The van der Waals surface area contributed by atoms with Crippen molar-refractivity contribution in [1.82, 2.24) is 14.5 Å². The minimum atomic E-state index is -4.80. The van der Waals surface area contributed by atoms with Crippen LogP contribution in [0.1, 0.15) is 32.9 Å². The zero-order chi connectivity index (χ0) is 21.6. The van der Waals surface area contributed by atoms with Crippen molar-refractivity contribution in [2.75, 3.05) is 0 Å². The summed E-state index contributed by atoms with van der Waals surface area (Å²) in [4.78, 5) is 48.1. The fraction of sp³-hybridized carbons (Fsp3) is 0.562. The number of phosphoric ester groups is 1. The number of aliphatic hydroxyl groups is 2. The summed E-state index contributed by atoms with van der Waals surface area (Å²) >= 11 is 0. The third-order valence-electron chi connectivity index (χ3n) is 4.97. The Morgan fingerprint density at radius 1 is 1.31 bits per heavy atom. The van der Waals surface area contributed by atoms with Gasteiger partial charge < -0.3 is 29.7 Å². The summed E-state index contributed by atoms with van der Waals surface area (Å²) in [5, 5.41) is 21.2. The Morgan fingerprint density at radius 2 is 2.00 bits per heavy atom. The van der Waals surface area contributed by atoms with Gasteiger partial charge in [0.15, 0.2) is 6.23 Å². The highest BCUT2D eigenvalue weighted by Gasteiger charge is 2.47. The van der Waals surface area contributed by atoms with Gasteiger partial charge in [-0.15, -0.1) is 0 Å². The molecule has 0 radical (unpaired) electrons. The Kier molecular flexibility index (Phi) is 5.80. The number of aromatic amines is 1. The Morgan fingerprint density at radius 3 is 2.62 bits per heavy atom. The number of aliphatic hydroxyl groups excluding tert-OH is 2. The van der Waals surface area contributed by atoms with Gasteiger partial charge in [-0.05, 0) is 19.4 Å².